The van der Waals surface area contributed by atoms with Gasteiger partial charge in [-0.2, -0.15) is 0 Å². The second kappa shape index (κ2) is 6.16. The van der Waals surface area contributed by atoms with E-state index in [0.29, 0.717) is 22.7 Å². The minimum absolute atomic E-state index is 0.109. The molecule has 1 aromatic heterocycles. The highest BCUT2D eigenvalue weighted by atomic mass is 32.1. The first-order chi connectivity index (χ1) is 11.0. The third kappa shape index (κ3) is 3.01. The summed E-state index contributed by atoms with van der Waals surface area (Å²) in [6.07, 6.45) is 3.15. The highest BCUT2D eigenvalue weighted by Gasteiger charge is 2.23. The fraction of sp³-hybridized carbons (Fsp3) is 0.333. The van der Waals surface area contributed by atoms with Gasteiger partial charge in [-0.15, -0.1) is 11.3 Å². The number of fused-ring (bicyclic) bond motifs is 1. The van der Waals surface area contributed by atoms with Crippen molar-refractivity contribution < 1.29 is 9.59 Å². The zero-order valence-electron chi connectivity index (χ0n) is 13.3. The lowest BCUT2D eigenvalue weighted by Crippen LogP contribution is -2.18. The van der Waals surface area contributed by atoms with Gasteiger partial charge < -0.3 is 11.1 Å². The first-order valence-corrected chi connectivity index (χ1v) is 8.65. The molecular weight excluding hydrogens is 308 g/mol. The van der Waals surface area contributed by atoms with Crippen LogP contribution < -0.4 is 11.1 Å². The number of rotatable bonds is 3. The van der Waals surface area contributed by atoms with Gasteiger partial charge in [0.25, 0.3) is 5.91 Å². The molecule has 5 heteroatoms. The monoisotopic (exact) mass is 328 g/mol. The molecule has 0 radical (unpaired) electrons. The third-order valence-electron chi connectivity index (χ3n) is 4.49. The van der Waals surface area contributed by atoms with Crippen LogP contribution in [0.15, 0.2) is 23.6 Å². The Morgan fingerprint density at radius 1 is 1.30 bits per heavy atom. The van der Waals surface area contributed by atoms with Crippen LogP contribution in [0.1, 0.15) is 50.1 Å². The molecule has 0 saturated carbocycles. The summed E-state index contributed by atoms with van der Waals surface area (Å²) in [6.45, 7) is 4.04. The maximum absolute atomic E-state index is 12.6. The van der Waals surface area contributed by atoms with E-state index >= 15 is 0 Å². The number of carbonyl (C=O) groups is 2. The molecule has 1 aromatic carbocycles. The molecule has 1 unspecified atom stereocenters. The first-order valence-electron chi connectivity index (χ1n) is 7.77. The van der Waals surface area contributed by atoms with Gasteiger partial charge in [0.1, 0.15) is 0 Å². The van der Waals surface area contributed by atoms with Crippen LogP contribution in [-0.2, 0) is 12.8 Å². The Hall–Kier alpha value is -2.14. The van der Waals surface area contributed by atoms with E-state index in [1.807, 2.05) is 5.38 Å². The number of primary amides is 1. The number of anilines is 1. The van der Waals surface area contributed by atoms with Crippen LogP contribution in [0.2, 0.25) is 0 Å². The summed E-state index contributed by atoms with van der Waals surface area (Å²) in [4.78, 5) is 25.4. The summed E-state index contributed by atoms with van der Waals surface area (Å²) in [7, 11) is 0. The Morgan fingerprint density at radius 2 is 2.09 bits per heavy atom. The average Bonchev–Trinajstić information content (AvgIpc) is 2.92. The molecule has 2 aromatic rings. The van der Waals surface area contributed by atoms with Crippen LogP contribution in [0.25, 0.3) is 0 Å². The van der Waals surface area contributed by atoms with Gasteiger partial charge in [-0.05, 0) is 55.4 Å². The van der Waals surface area contributed by atoms with Gasteiger partial charge in [-0.25, -0.2) is 0 Å². The van der Waals surface area contributed by atoms with E-state index < -0.39 is 5.91 Å². The summed E-state index contributed by atoms with van der Waals surface area (Å²) in [5.41, 5.74) is 9.09. The number of benzene rings is 1. The molecule has 1 aliphatic carbocycles. The van der Waals surface area contributed by atoms with E-state index in [9.17, 15) is 9.59 Å². The molecular formula is C18H20N2O2S. The topological polar surface area (TPSA) is 72.2 Å². The van der Waals surface area contributed by atoms with Crippen LogP contribution in [0.4, 0.5) is 5.69 Å². The lowest BCUT2D eigenvalue weighted by atomic mass is 9.88. The van der Waals surface area contributed by atoms with Crippen LogP contribution in [0, 0.1) is 12.8 Å². The summed E-state index contributed by atoms with van der Waals surface area (Å²) in [6, 6.07) is 5.19. The number of hydrogen-bond donors (Lipinski definition) is 2. The van der Waals surface area contributed by atoms with Gasteiger partial charge in [0.15, 0.2) is 0 Å². The van der Waals surface area contributed by atoms with Crippen molar-refractivity contribution in [2.24, 2.45) is 11.7 Å². The fourth-order valence-electron chi connectivity index (χ4n) is 3.10. The molecule has 1 heterocycles. The van der Waals surface area contributed by atoms with Crippen LogP contribution in [-0.4, -0.2) is 11.8 Å². The molecule has 0 bridgehead atoms. The van der Waals surface area contributed by atoms with Crippen molar-refractivity contribution in [3.63, 3.8) is 0 Å². The van der Waals surface area contributed by atoms with Gasteiger partial charge >= 0.3 is 0 Å². The standard InChI is InChI=1S/C18H20N2O2S/c1-10-6-7-13-14(9-23-16(13)8-10)18(22)20-15-5-3-4-12(11(15)2)17(19)21/h3-5,9-10H,6-8H2,1-2H3,(H2,19,21)(H,20,22). The van der Waals surface area contributed by atoms with Gasteiger partial charge in [-0.3, -0.25) is 9.59 Å². The molecule has 0 fully saturated rings. The Bertz CT molecular complexity index is 779. The molecule has 23 heavy (non-hydrogen) atoms. The molecule has 0 aliphatic heterocycles. The highest BCUT2D eigenvalue weighted by molar-refractivity contribution is 7.10. The minimum atomic E-state index is -0.486. The first kappa shape index (κ1) is 15.7. The van der Waals surface area contributed by atoms with E-state index in [4.69, 9.17) is 5.73 Å². The van der Waals surface area contributed by atoms with Gasteiger partial charge in [0.05, 0.1) is 5.56 Å². The quantitative estimate of drug-likeness (QED) is 0.904. The van der Waals surface area contributed by atoms with Crippen molar-refractivity contribution in [1.29, 1.82) is 0 Å². The molecule has 4 nitrogen and oxygen atoms in total. The van der Waals surface area contributed by atoms with Crippen molar-refractivity contribution in [1.82, 2.24) is 0 Å². The molecule has 120 valence electrons. The van der Waals surface area contributed by atoms with E-state index in [-0.39, 0.29) is 5.91 Å². The molecule has 0 saturated heterocycles. The largest absolute Gasteiger partial charge is 0.366 e. The maximum Gasteiger partial charge on any atom is 0.256 e. The number of nitrogens with one attached hydrogen (secondary N) is 1. The molecule has 3 rings (SSSR count). The number of thiophene rings is 1. The molecule has 3 N–H and O–H groups in total. The van der Waals surface area contributed by atoms with Gasteiger partial charge in [0.2, 0.25) is 5.91 Å². The Balaban J connectivity index is 1.86. The normalized spacial score (nSPS) is 16.7. The van der Waals surface area contributed by atoms with Gasteiger partial charge in [-0.1, -0.05) is 13.0 Å². The number of amides is 2. The molecule has 1 aliphatic rings. The van der Waals surface area contributed by atoms with E-state index in [0.717, 1.165) is 24.8 Å². The summed E-state index contributed by atoms with van der Waals surface area (Å²) in [5.74, 6) is 0.0915. The lowest BCUT2D eigenvalue weighted by Gasteiger charge is -2.19. The lowest BCUT2D eigenvalue weighted by molar-refractivity contribution is 0.0995. The smallest absolute Gasteiger partial charge is 0.256 e. The van der Waals surface area contributed by atoms with E-state index in [1.165, 1.54) is 10.4 Å². The predicted octanol–water partition coefficient (Wildman–Crippen LogP) is 3.53. The zero-order valence-corrected chi connectivity index (χ0v) is 14.1. The fourth-order valence-corrected chi connectivity index (χ4v) is 4.34. The number of carbonyl (C=O) groups excluding carboxylic acids is 2. The van der Waals surface area contributed by atoms with E-state index in [1.54, 1.807) is 36.5 Å². The Labute approximate surface area is 139 Å². The molecule has 0 spiro atoms. The van der Waals surface area contributed by atoms with E-state index in [2.05, 4.69) is 12.2 Å². The van der Waals surface area contributed by atoms with Crippen molar-refractivity contribution in [3.05, 3.63) is 50.7 Å². The Morgan fingerprint density at radius 3 is 2.83 bits per heavy atom. The SMILES string of the molecule is Cc1c(NC(=O)c2csc3c2CCC(C)C3)cccc1C(N)=O. The van der Waals surface area contributed by atoms with Crippen molar-refractivity contribution in [2.45, 2.75) is 33.1 Å². The summed E-state index contributed by atoms with van der Waals surface area (Å²) in [5, 5.41) is 4.88. The van der Waals surface area contributed by atoms with Crippen molar-refractivity contribution in [2.75, 3.05) is 5.32 Å². The van der Waals surface area contributed by atoms with Crippen molar-refractivity contribution in [3.8, 4) is 0 Å². The molecule has 2 amide bonds. The number of hydrogen-bond acceptors (Lipinski definition) is 3. The number of nitrogens with two attached hydrogens (primary N) is 1. The maximum atomic E-state index is 12.6. The zero-order chi connectivity index (χ0) is 16.6. The summed E-state index contributed by atoms with van der Waals surface area (Å²) >= 11 is 1.67. The second-order valence-corrected chi connectivity index (χ2v) is 7.16. The van der Waals surface area contributed by atoms with Crippen molar-refractivity contribution >= 4 is 28.8 Å². The second-order valence-electron chi connectivity index (χ2n) is 6.20. The van der Waals surface area contributed by atoms with Gasteiger partial charge in [0, 0.05) is 21.5 Å². The summed E-state index contributed by atoms with van der Waals surface area (Å²) < 4.78 is 0. The van der Waals surface area contributed by atoms with Crippen LogP contribution >= 0.6 is 11.3 Å². The molecule has 1 atom stereocenters. The van der Waals surface area contributed by atoms with Crippen LogP contribution in [0.5, 0.6) is 0 Å². The van der Waals surface area contributed by atoms with Crippen LogP contribution in [0.3, 0.4) is 0 Å². The predicted molar refractivity (Wildman–Crippen MR) is 93.2 cm³/mol. The minimum Gasteiger partial charge on any atom is -0.366 e. The average molecular weight is 328 g/mol. The third-order valence-corrected chi connectivity index (χ3v) is 5.54. The Kier molecular flexibility index (Phi) is 4.22. The highest BCUT2D eigenvalue weighted by Crippen LogP contribution is 2.33.